The number of amides is 2. The minimum Gasteiger partial charge on any atom is -0.465 e. The Morgan fingerprint density at radius 1 is 1.17 bits per heavy atom. The fourth-order valence-corrected chi connectivity index (χ4v) is 2.63. The van der Waals surface area contributed by atoms with E-state index in [0.29, 0.717) is 18.9 Å². The Morgan fingerprint density at radius 2 is 1.75 bits per heavy atom. The summed E-state index contributed by atoms with van der Waals surface area (Å²) in [7, 11) is 0. The van der Waals surface area contributed by atoms with Crippen LogP contribution < -0.4 is 5.32 Å². The molecule has 1 atom stereocenters. The predicted octanol–water partition coefficient (Wildman–Crippen LogP) is 3.54. The zero-order valence-electron chi connectivity index (χ0n) is 15.4. The Morgan fingerprint density at radius 3 is 2.21 bits per heavy atom. The second-order valence-corrected chi connectivity index (χ2v) is 7.50. The van der Waals surface area contributed by atoms with Crippen LogP contribution >= 0.6 is 0 Å². The first-order valence-corrected chi connectivity index (χ1v) is 8.46. The van der Waals surface area contributed by atoms with Gasteiger partial charge in [0.25, 0.3) is 0 Å². The van der Waals surface area contributed by atoms with Gasteiger partial charge in [0.2, 0.25) is 5.91 Å². The topological polar surface area (TPSA) is 69.6 Å². The van der Waals surface area contributed by atoms with Crippen LogP contribution in [0.4, 0.5) is 4.79 Å². The van der Waals surface area contributed by atoms with E-state index >= 15 is 0 Å². The maximum absolute atomic E-state index is 12.7. The molecule has 1 rings (SSSR count). The third-order valence-electron chi connectivity index (χ3n) is 3.84. The molecule has 0 spiro atoms. The molecule has 5 heteroatoms. The van der Waals surface area contributed by atoms with Crippen LogP contribution in [0.5, 0.6) is 0 Å². The van der Waals surface area contributed by atoms with Crippen LogP contribution in [0.2, 0.25) is 0 Å². The Bertz CT molecular complexity index is 535. The van der Waals surface area contributed by atoms with Gasteiger partial charge in [0.05, 0.1) is 0 Å². The lowest BCUT2D eigenvalue weighted by Gasteiger charge is -2.39. The van der Waals surface area contributed by atoms with Crippen LogP contribution in [0.1, 0.15) is 46.6 Å². The zero-order valence-corrected chi connectivity index (χ0v) is 15.4. The summed E-state index contributed by atoms with van der Waals surface area (Å²) in [5.74, 6) is 0.243. The lowest BCUT2D eigenvalue weighted by molar-refractivity contribution is -0.127. The van der Waals surface area contributed by atoms with Crippen molar-refractivity contribution in [2.24, 2.45) is 5.92 Å². The van der Waals surface area contributed by atoms with Gasteiger partial charge < -0.3 is 10.4 Å². The smallest absolute Gasteiger partial charge is 0.408 e. The van der Waals surface area contributed by atoms with E-state index in [1.807, 2.05) is 30.3 Å². The number of hydrogen-bond acceptors (Lipinski definition) is 2. The van der Waals surface area contributed by atoms with Gasteiger partial charge in [0.1, 0.15) is 6.04 Å². The standard InChI is InChI=1S/C19H30N2O3/c1-14(2)11-12-20-17(22)16(13-15-9-7-6-8-10-15)21(18(23)24)19(3,4)5/h6-10,14,16H,11-13H2,1-5H3,(H,20,22)(H,23,24)/t16-/m1/s1. The highest BCUT2D eigenvalue weighted by atomic mass is 16.4. The van der Waals surface area contributed by atoms with Crippen LogP contribution in [-0.2, 0) is 11.2 Å². The molecule has 24 heavy (non-hydrogen) atoms. The Balaban J connectivity index is 3.01. The van der Waals surface area contributed by atoms with Crippen molar-refractivity contribution in [1.29, 1.82) is 0 Å². The first kappa shape index (κ1) is 20.0. The van der Waals surface area contributed by atoms with E-state index in [1.165, 1.54) is 4.90 Å². The van der Waals surface area contributed by atoms with E-state index in [4.69, 9.17) is 0 Å². The second kappa shape index (κ2) is 8.71. The fraction of sp³-hybridized carbons (Fsp3) is 0.579. The normalized spacial score (nSPS) is 12.8. The molecule has 0 saturated carbocycles. The summed E-state index contributed by atoms with van der Waals surface area (Å²) in [4.78, 5) is 25.8. The Hall–Kier alpha value is -2.04. The highest BCUT2D eigenvalue weighted by Crippen LogP contribution is 2.20. The average Bonchev–Trinajstić information content (AvgIpc) is 2.45. The van der Waals surface area contributed by atoms with Crippen LogP contribution in [0.3, 0.4) is 0 Å². The molecule has 1 aromatic carbocycles. The summed E-state index contributed by atoms with van der Waals surface area (Å²) >= 11 is 0. The molecular weight excluding hydrogens is 304 g/mol. The van der Waals surface area contributed by atoms with Crippen molar-refractivity contribution >= 4 is 12.0 Å². The number of carboxylic acid groups (broad SMARTS) is 1. The number of hydrogen-bond donors (Lipinski definition) is 2. The first-order chi connectivity index (χ1) is 11.1. The maximum atomic E-state index is 12.7. The highest BCUT2D eigenvalue weighted by molar-refractivity contribution is 5.86. The molecule has 0 aromatic heterocycles. The molecule has 0 bridgehead atoms. The molecule has 2 amide bonds. The Labute approximate surface area is 145 Å². The van der Waals surface area contributed by atoms with Gasteiger partial charge in [-0.1, -0.05) is 44.2 Å². The summed E-state index contributed by atoms with van der Waals surface area (Å²) in [6, 6.07) is 8.77. The summed E-state index contributed by atoms with van der Waals surface area (Å²) in [6.45, 7) is 10.2. The van der Waals surface area contributed by atoms with Gasteiger partial charge >= 0.3 is 6.09 Å². The molecule has 0 heterocycles. The molecule has 0 fully saturated rings. The van der Waals surface area contributed by atoms with Crippen molar-refractivity contribution in [2.75, 3.05) is 6.54 Å². The molecule has 5 nitrogen and oxygen atoms in total. The zero-order chi connectivity index (χ0) is 18.3. The number of benzene rings is 1. The quantitative estimate of drug-likeness (QED) is 0.801. The van der Waals surface area contributed by atoms with Gasteiger partial charge in [0.15, 0.2) is 0 Å². The molecule has 134 valence electrons. The minimum absolute atomic E-state index is 0.239. The van der Waals surface area contributed by atoms with Gasteiger partial charge in [-0.3, -0.25) is 9.69 Å². The van der Waals surface area contributed by atoms with Gasteiger partial charge in [-0.05, 0) is 38.7 Å². The third kappa shape index (κ3) is 6.22. The van der Waals surface area contributed by atoms with Crippen LogP contribution in [0.25, 0.3) is 0 Å². The second-order valence-electron chi connectivity index (χ2n) is 7.50. The number of rotatable bonds is 7. The van der Waals surface area contributed by atoms with E-state index < -0.39 is 17.7 Å². The lowest BCUT2D eigenvalue weighted by Crippen LogP contribution is -2.57. The average molecular weight is 334 g/mol. The monoisotopic (exact) mass is 334 g/mol. The molecule has 1 aromatic rings. The third-order valence-corrected chi connectivity index (χ3v) is 3.84. The van der Waals surface area contributed by atoms with Crippen molar-refractivity contribution in [2.45, 2.75) is 59.0 Å². The minimum atomic E-state index is -1.08. The Kier molecular flexibility index (Phi) is 7.26. The molecule has 0 aliphatic rings. The molecule has 0 radical (unpaired) electrons. The number of carbonyl (C=O) groups excluding carboxylic acids is 1. The van der Waals surface area contributed by atoms with E-state index in [-0.39, 0.29) is 5.91 Å². The van der Waals surface area contributed by atoms with Crippen LogP contribution in [0, 0.1) is 5.92 Å². The van der Waals surface area contributed by atoms with Gasteiger partial charge in [-0.15, -0.1) is 0 Å². The molecular formula is C19H30N2O3. The molecule has 0 saturated heterocycles. The molecule has 0 aliphatic heterocycles. The van der Waals surface area contributed by atoms with Crippen molar-refractivity contribution in [3.8, 4) is 0 Å². The van der Waals surface area contributed by atoms with Gasteiger partial charge in [-0.25, -0.2) is 4.79 Å². The number of nitrogens with zero attached hydrogens (tertiary/aromatic N) is 1. The van der Waals surface area contributed by atoms with Crippen molar-refractivity contribution in [3.63, 3.8) is 0 Å². The summed E-state index contributed by atoms with van der Waals surface area (Å²) < 4.78 is 0. The largest absolute Gasteiger partial charge is 0.465 e. The number of nitrogens with one attached hydrogen (secondary N) is 1. The number of carbonyl (C=O) groups is 2. The molecule has 2 N–H and O–H groups in total. The van der Waals surface area contributed by atoms with Crippen molar-refractivity contribution in [1.82, 2.24) is 10.2 Å². The van der Waals surface area contributed by atoms with E-state index in [0.717, 1.165) is 12.0 Å². The van der Waals surface area contributed by atoms with E-state index in [1.54, 1.807) is 20.8 Å². The molecule has 0 aliphatic carbocycles. The first-order valence-electron chi connectivity index (χ1n) is 8.46. The van der Waals surface area contributed by atoms with Gasteiger partial charge in [0, 0.05) is 18.5 Å². The predicted molar refractivity (Wildman–Crippen MR) is 96.0 cm³/mol. The SMILES string of the molecule is CC(C)CCNC(=O)[C@@H](Cc1ccccc1)N(C(=O)O)C(C)(C)C. The summed E-state index contributed by atoms with van der Waals surface area (Å²) in [6.07, 6.45) is 0.145. The summed E-state index contributed by atoms with van der Waals surface area (Å²) in [5, 5.41) is 12.6. The van der Waals surface area contributed by atoms with Crippen molar-refractivity contribution < 1.29 is 14.7 Å². The van der Waals surface area contributed by atoms with Crippen molar-refractivity contribution in [3.05, 3.63) is 35.9 Å². The van der Waals surface area contributed by atoms with Crippen LogP contribution in [-0.4, -0.2) is 40.1 Å². The van der Waals surface area contributed by atoms with E-state index in [9.17, 15) is 14.7 Å². The van der Waals surface area contributed by atoms with Crippen LogP contribution in [0.15, 0.2) is 30.3 Å². The lowest BCUT2D eigenvalue weighted by atomic mass is 9.97. The fourth-order valence-electron chi connectivity index (χ4n) is 2.63. The maximum Gasteiger partial charge on any atom is 0.408 e. The molecule has 0 unspecified atom stereocenters. The summed E-state index contributed by atoms with van der Waals surface area (Å²) in [5.41, 5.74) is 0.276. The van der Waals surface area contributed by atoms with Gasteiger partial charge in [-0.2, -0.15) is 0 Å². The van der Waals surface area contributed by atoms with E-state index in [2.05, 4.69) is 19.2 Å². The highest BCUT2D eigenvalue weighted by Gasteiger charge is 2.37.